The number of aromatic nitrogens is 2. The van der Waals surface area contributed by atoms with Gasteiger partial charge in [0.05, 0.1) is 13.2 Å². The molecule has 0 unspecified atom stereocenters. The number of nitrogens with two attached hydrogens (primary N) is 1. The van der Waals surface area contributed by atoms with Gasteiger partial charge in [0.25, 0.3) is 0 Å². The van der Waals surface area contributed by atoms with Gasteiger partial charge in [0.15, 0.2) is 0 Å². The zero-order valence-corrected chi connectivity index (χ0v) is 22.0. The molecule has 2 aromatic carbocycles. The second kappa shape index (κ2) is 11.7. The summed E-state index contributed by atoms with van der Waals surface area (Å²) in [6.45, 7) is 4.74. The molecule has 186 valence electrons. The fourth-order valence-electron chi connectivity index (χ4n) is 5.61. The molecule has 6 nitrogen and oxygen atoms in total. The Bertz CT molecular complexity index is 1090. The molecule has 0 bridgehead atoms. The van der Waals surface area contributed by atoms with Gasteiger partial charge in [-0.25, -0.2) is 9.13 Å². The first-order chi connectivity index (χ1) is 16.4. The fraction of sp³-hybridized carbons (Fsp3) is 0.393. The molecule has 1 aromatic heterocycles. The highest BCUT2D eigenvalue weighted by molar-refractivity contribution is 5.91. The number of esters is 1. The Hall–Kier alpha value is -2.93. The third-order valence-corrected chi connectivity index (χ3v) is 7.20. The van der Waals surface area contributed by atoms with Crippen LogP contribution in [-0.2, 0) is 26.3 Å². The van der Waals surface area contributed by atoms with E-state index in [1.807, 2.05) is 60.7 Å². The minimum atomic E-state index is -0.862. The molecule has 1 aliphatic carbocycles. The summed E-state index contributed by atoms with van der Waals surface area (Å²) >= 11 is 0. The van der Waals surface area contributed by atoms with Crippen LogP contribution in [0.25, 0.3) is 0 Å². The number of hydrogen-bond acceptors (Lipinski definition) is 3. The summed E-state index contributed by atoms with van der Waals surface area (Å²) in [5, 5.41) is 0. The second-order valence-corrected chi connectivity index (χ2v) is 9.29. The van der Waals surface area contributed by atoms with Crippen LogP contribution in [-0.4, -0.2) is 23.1 Å². The quantitative estimate of drug-likeness (QED) is 0.249. The molecule has 0 radical (unpaired) electrons. The highest BCUT2D eigenvalue weighted by atomic mass is 79.9. The van der Waals surface area contributed by atoms with Crippen molar-refractivity contribution in [2.45, 2.75) is 57.5 Å². The first-order valence-electron chi connectivity index (χ1n) is 12.0. The van der Waals surface area contributed by atoms with Crippen LogP contribution in [0.4, 0.5) is 0 Å². The smallest absolute Gasteiger partial charge is 0.302 e. The lowest BCUT2D eigenvalue weighted by molar-refractivity contribution is -0.721. The number of amides is 1. The Morgan fingerprint density at radius 3 is 2.20 bits per heavy atom. The van der Waals surface area contributed by atoms with E-state index in [1.165, 1.54) is 12.6 Å². The fourth-order valence-corrected chi connectivity index (χ4v) is 5.61. The van der Waals surface area contributed by atoms with E-state index in [9.17, 15) is 9.59 Å². The number of nitrogens with zero attached hydrogens (tertiary/aromatic N) is 2. The second-order valence-electron chi connectivity index (χ2n) is 9.29. The highest BCUT2D eigenvalue weighted by Gasteiger charge is 2.50. The summed E-state index contributed by atoms with van der Waals surface area (Å²) in [6, 6.07) is 20.3. The van der Waals surface area contributed by atoms with Crippen molar-refractivity contribution in [3.05, 3.63) is 90.0 Å². The number of imidazole rings is 1. The third kappa shape index (κ3) is 5.50. The Labute approximate surface area is 217 Å². The SMILES string of the molecule is CC(=O)OCCCn1c[n+]([C@H]2CC[C@H](C(C(N)=O)(c3ccccc3)c3ccccc3)C2)cc1C.[Br-]. The molecule has 0 aliphatic heterocycles. The van der Waals surface area contributed by atoms with E-state index >= 15 is 0 Å². The molecule has 7 heteroatoms. The topological polar surface area (TPSA) is 78.2 Å². The van der Waals surface area contributed by atoms with Crippen molar-refractivity contribution in [2.24, 2.45) is 11.7 Å². The van der Waals surface area contributed by atoms with Gasteiger partial charge in [0.1, 0.15) is 23.3 Å². The molecular weight excluding hydrogens is 506 g/mol. The van der Waals surface area contributed by atoms with Crippen LogP contribution in [0.5, 0.6) is 0 Å². The molecule has 1 amide bonds. The van der Waals surface area contributed by atoms with Crippen molar-refractivity contribution in [3.8, 4) is 0 Å². The van der Waals surface area contributed by atoms with Crippen LogP contribution in [0.15, 0.2) is 73.2 Å². The number of benzene rings is 2. The van der Waals surface area contributed by atoms with Crippen LogP contribution in [0.2, 0.25) is 0 Å². The van der Waals surface area contributed by atoms with Gasteiger partial charge in [-0.05, 0) is 36.3 Å². The molecule has 2 N–H and O–H groups in total. The monoisotopic (exact) mass is 539 g/mol. The van der Waals surface area contributed by atoms with Crippen LogP contribution in [0.1, 0.15) is 55.5 Å². The van der Waals surface area contributed by atoms with Gasteiger partial charge >= 0.3 is 5.97 Å². The number of carbonyl (C=O) groups is 2. The highest BCUT2D eigenvalue weighted by Crippen LogP contribution is 2.48. The molecule has 3 aromatic rings. The van der Waals surface area contributed by atoms with Gasteiger partial charge in [-0.1, -0.05) is 60.7 Å². The molecule has 1 saturated carbocycles. The number of primary amides is 1. The lowest BCUT2D eigenvalue weighted by Crippen LogP contribution is -3.00. The molecule has 4 rings (SSSR count). The molecular formula is C28H34BrN3O3. The minimum Gasteiger partial charge on any atom is -1.00 e. The van der Waals surface area contributed by atoms with Gasteiger partial charge in [-0.2, -0.15) is 0 Å². The summed E-state index contributed by atoms with van der Waals surface area (Å²) in [7, 11) is 0. The summed E-state index contributed by atoms with van der Waals surface area (Å²) in [6.07, 6.45) is 7.87. The van der Waals surface area contributed by atoms with Crippen LogP contribution in [0.3, 0.4) is 0 Å². The maximum absolute atomic E-state index is 13.3. The average Bonchev–Trinajstić information content (AvgIpc) is 3.46. The predicted molar refractivity (Wildman–Crippen MR) is 130 cm³/mol. The first-order valence-corrected chi connectivity index (χ1v) is 12.0. The standard InChI is InChI=1S/C28H33N3O3.BrH/c1-21-19-31(20-30(21)16-9-17-34-22(2)32)26-15-14-25(18-26)28(27(29)33,23-10-5-3-6-11-23)24-12-7-4-8-13-24;/h3-8,10-13,19-20,25-26H,9,14-18H2,1-2H3,(H-,29,33);1H/t25-,26-;/m0./s1. The number of rotatable bonds is 9. The Kier molecular flexibility index (Phi) is 8.89. The third-order valence-electron chi connectivity index (χ3n) is 7.20. The molecule has 1 aliphatic rings. The molecule has 35 heavy (non-hydrogen) atoms. The van der Waals surface area contributed by atoms with E-state index < -0.39 is 5.41 Å². The van der Waals surface area contributed by atoms with Crippen molar-refractivity contribution in [1.29, 1.82) is 0 Å². The van der Waals surface area contributed by atoms with Crippen molar-refractivity contribution >= 4 is 11.9 Å². The lowest BCUT2D eigenvalue weighted by Gasteiger charge is -2.37. The zero-order chi connectivity index (χ0) is 24.1. The van der Waals surface area contributed by atoms with Gasteiger partial charge in [-0.15, -0.1) is 0 Å². The number of ether oxygens (including phenoxy) is 1. The van der Waals surface area contributed by atoms with Crippen LogP contribution < -0.4 is 27.3 Å². The Morgan fingerprint density at radius 1 is 1.06 bits per heavy atom. The summed E-state index contributed by atoms with van der Waals surface area (Å²) in [5.74, 6) is -0.439. The Morgan fingerprint density at radius 2 is 1.66 bits per heavy atom. The Balaban J connectivity index is 0.00000342. The van der Waals surface area contributed by atoms with Crippen LogP contribution in [0, 0.1) is 12.8 Å². The first kappa shape index (κ1) is 26.7. The van der Waals surface area contributed by atoms with E-state index in [1.54, 1.807) is 0 Å². The number of aryl methyl sites for hydroxylation is 2. The van der Waals surface area contributed by atoms with Gasteiger partial charge in [-0.3, -0.25) is 9.59 Å². The molecule has 0 spiro atoms. The van der Waals surface area contributed by atoms with Crippen molar-refractivity contribution in [3.63, 3.8) is 0 Å². The normalized spacial score (nSPS) is 17.5. The van der Waals surface area contributed by atoms with E-state index in [2.05, 4.69) is 28.6 Å². The van der Waals surface area contributed by atoms with E-state index in [0.29, 0.717) is 12.6 Å². The zero-order valence-electron chi connectivity index (χ0n) is 20.4. The van der Waals surface area contributed by atoms with Crippen molar-refractivity contribution in [1.82, 2.24) is 4.57 Å². The number of hydrogen-bond donors (Lipinski definition) is 1. The average molecular weight is 541 g/mol. The molecule has 2 atom stereocenters. The molecule has 1 fully saturated rings. The van der Waals surface area contributed by atoms with E-state index in [4.69, 9.17) is 10.5 Å². The maximum atomic E-state index is 13.3. The lowest BCUT2D eigenvalue weighted by atomic mass is 9.64. The summed E-state index contributed by atoms with van der Waals surface area (Å²) in [4.78, 5) is 24.3. The van der Waals surface area contributed by atoms with Gasteiger partial charge in [0, 0.05) is 20.3 Å². The van der Waals surface area contributed by atoms with E-state index in [0.717, 1.165) is 43.4 Å². The van der Waals surface area contributed by atoms with Crippen LogP contribution >= 0.6 is 0 Å². The summed E-state index contributed by atoms with van der Waals surface area (Å²) < 4.78 is 9.55. The van der Waals surface area contributed by atoms with Gasteiger partial charge < -0.3 is 27.5 Å². The van der Waals surface area contributed by atoms with Crippen molar-refractivity contribution in [2.75, 3.05) is 6.61 Å². The molecule has 1 heterocycles. The number of carbonyl (C=O) groups excluding carboxylic acids is 2. The molecule has 0 saturated heterocycles. The van der Waals surface area contributed by atoms with E-state index in [-0.39, 0.29) is 34.8 Å². The minimum absolute atomic E-state index is 0. The predicted octanol–water partition coefficient (Wildman–Crippen LogP) is 0.854. The largest absolute Gasteiger partial charge is 1.00 e. The maximum Gasteiger partial charge on any atom is 0.302 e. The van der Waals surface area contributed by atoms with Gasteiger partial charge in [0.2, 0.25) is 12.2 Å². The van der Waals surface area contributed by atoms with Crippen molar-refractivity contribution < 1.29 is 35.9 Å². The number of halogens is 1. The summed E-state index contributed by atoms with van der Waals surface area (Å²) in [5.41, 5.74) is 8.46.